The van der Waals surface area contributed by atoms with E-state index < -0.39 is 34.2 Å². The van der Waals surface area contributed by atoms with Crippen molar-refractivity contribution in [2.75, 3.05) is 6.26 Å². The zero-order chi connectivity index (χ0) is 24.4. The first-order valence-corrected chi connectivity index (χ1v) is 13.4. The Labute approximate surface area is 195 Å². The third-order valence-corrected chi connectivity index (χ3v) is 6.77. The van der Waals surface area contributed by atoms with Crippen molar-refractivity contribution < 1.29 is 32.9 Å². The van der Waals surface area contributed by atoms with Crippen LogP contribution in [0.25, 0.3) is 6.08 Å². The average Bonchev–Trinajstić information content (AvgIpc) is 2.98. The summed E-state index contributed by atoms with van der Waals surface area (Å²) >= 11 is 0. The first kappa shape index (κ1) is 27.4. The van der Waals surface area contributed by atoms with Crippen molar-refractivity contribution in [3.05, 3.63) is 41.7 Å². The summed E-state index contributed by atoms with van der Waals surface area (Å²) in [5.41, 5.74) is 0.664. The molecule has 0 saturated heterocycles. The van der Waals surface area contributed by atoms with Crippen LogP contribution in [-0.4, -0.2) is 54.2 Å². The van der Waals surface area contributed by atoms with Gasteiger partial charge in [-0.1, -0.05) is 43.5 Å². The molecule has 2 rings (SSSR count). The normalized spacial score (nSPS) is 24.3. The molecule has 1 aliphatic carbocycles. The smallest absolute Gasteiger partial charge is 0.233 e. The van der Waals surface area contributed by atoms with Crippen LogP contribution in [-0.2, 0) is 14.8 Å². The van der Waals surface area contributed by atoms with E-state index in [-0.39, 0.29) is 24.1 Å². The van der Waals surface area contributed by atoms with Crippen molar-refractivity contribution in [2.24, 2.45) is 11.8 Å². The molecular weight excluding hydrogens is 449 g/mol. The minimum Gasteiger partial charge on any atom is -0.393 e. The molecule has 0 bridgehead atoms. The first-order valence-electron chi connectivity index (χ1n) is 11.5. The quantitative estimate of drug-likeness (QED) is 0.319. The number of benzene rings is 1. The van der Waals surface area contributed by atoms with Gasteiger partial charge >= 0.3 is 0 Å². The second-order valence-electron chi connectivity index (χ2n) is 9.01. The summed E-state index contributed by atoms with van der Waals surface area (Å²) in [5.74, 6) is -0.989. The number of carbonyl (C=O) groups is 1. The van der Waals surface area contributed by atoms with Crippen LogP contribution < -0.4 is 4.72 Å². The molecule has 0 heterocycles. The third-order valence-electron chi connectivity index (χ3n) is 6.17. The SMILES string of the molecule is CS(=O)(=O)NC(=O)CCCCCCC1[C@@H](CCC(O)/C=C/c2cccc(F)c2)[C@H](O)C[C@@H]1O. The Bertz CT molecular complexity index is 891. The molecule has 186 valence electrons. The number of aliphatic hydroxyl groups is 3. The van der Waals surface area contributed by atoms with Crippen LogP contribution in [0.3, 0.4) is 0 Å². The van der Waals surface area contributed by atoms with E-state index in [1.807, 2.05) is 4.72 Å². The summed E-state index contributed by atoms with van der Waals surface area (Å²) in [6.07, 6.45) is 7.59. The summed E-state index contributed by atoms with van der Waals surface area (Å²) in [5, 5.41) is 31.0. The average molecular weight is 486 g/mol. The van der Waals surface area contributed by atoms with Crippen molar-refractivity contribution >= 4 is 22.0 Å². The fourth-order valence-corrected chi connectivity index (χ4v) is 5.07. The largest absolute Gasteiger partial charge is 0.393 e. The molecule has 5 atom stereocenters. The van der Waals surface area contributed by atoms with Crippen LogP contribution in [0.1, 0.15) is 63.4 Å². The topological polar surface area (TPSA) is 124 Å². The van der Waals surface area contributed by atoms with Gasteiger partial charge in [0.1, 0.15) is 5.82 Å². The molecule has 0 aliphatic heterocycles. The number of hydrogen-bond acceptors (Lipinski definition) is 6. The van der Waals surface area contributed by atoms with E-state index in [4.69, 9.17) is 0 Å². The van der Waals surface area contributed by atoms with Crippen molar-refractivity contribution in [3.63, 3.8) is 0 Å². The number of rotatable bonds is 13. The fourth-order valence-electron chi connectivity index (χ4n) is 4.55. The first-order chi connectivity index (χ1) is 15.5. The van der Waals surface area contributed by atoms with E-state index in [9.17, 15) is 32.9 Å². The minimum absolute atomic E-state index is 0.0482. The highest BCUT2D eigenvalue weighted by Crippen LogP contribution is 2.39. The van der Waals surface area contributed by atoms with Gasteiger partial charge in [0.15, 0.2) is 0 Å². The van der Waals surface area contributed by atoms with Crippen LogP contribution in [0.2, 0.25) is 0 Å². The molecule has 0 aromatic heterocycles. The molecule has 33 heavy (non-hydrogen) atoms. The van der Waals surface area contributed by atoms with Crippen LogP contribution in [0, 0.1) is 17.7 Å². The zero-order valence-corrected chi connectivity index (χ0v) is 19.9. The van der Waals surface area contributed by atoms with Crippen molar-refractivity contribution in [1.82, 2.24) is 4.72 Å². The maximum Gasteiger partial charge on any atom is 0.233 e. The number of sulfonamides is 1. The van der Waals surface area contributed by atoms with Gasteiger partial charge in [-0.05, 0) is 61.6 Å². The van der Waals surface area contributed by atoms with Gasteiger partial charge in [0.2, 0.25) is 15.9 Å². The minimum atomic E-state index is -3.52. The Morgan fingerprint density at radius 1 is 1.15 bits per heavy atom. The Morgan fingerprint density at radius 2 is 1.82 bits per heavy atom. The fraction of sp³-hybridized carbons (Fsp3) is 0.625. The van der Waals surface area contributed by atoms with Gasteiger partial charge in [-0.2, -0.15) is 0 Å². The van der Waals surface area contributed by atoms with Gasteiger partial charge in [-0.15, -0.1) is 0 Å². The van der Waals surface area contributed by atoms with Gasteiger partial charge in [-0.25, -0.2) is 12.8 Å². The Hall–Kier alpha value is -1.81. The monoisotopic (exact) mass is 485 g/mol. The van der Waals surface area contributed by atoms with E-state index >= 15 is 0 Å². The molecule has 2 unspecified atom stereocenters. The highest BCUT2D eigenvalue weighted by molar-refractivity contribution is 7.89. The lowest BCUT2D eigenvalue weighted by atomic mass is 9.85. The summed E-state index contributed by atoms with van der Waals surface area (Å²) in [7, 11) is -3.52. The second kappa shape index (κ2) is 13.2. The van der Waals surface area contributed by atoms with Crippen molar-refractivity contribution in [3.8, 4) is 0 Å². The molecule has 0 spiro atoms. The Kier molecular flexibility index (Phi) is 11.0. The molecule has 1 saturated carbocycles. The van der Waals surface area contributed by atoms with E-state index in [0.717, 1.165) is 31.9 Å². The molecule has 1 aromatic carbocycles. The van der Waals surface area contributed by atoms with Gasteiger partial charge in [0.25, 0.3) is 0 Å². The molecule has 7 nitrogen and oxygen atoms in total. The molecular formula is C24H36FNO6S. The summed E-state index contributed by atoms with van der Waals surface area (Å²) in [6.45, 7) is 0. The van der Waals surface area contributed by atoms with Gasteiger partial charge in [0, 0.05) is 6.42 Å². The van der Waals surface area contributed by atoms with Gasteiger partial charge in [-0.3, -0.25) is 9.52 Å². The maximum atomic E-state index is 13.2. The summed E-state index contributed by atoms with van der Waals surface area (Å²) in [6, 6.07) is 6.09. The number of halogens is 1. The van der Waals surface area contributed by atoms with E-state index in [2.05, 4.69) is 0 Å². The van der Waals surface area contributed by atoms with E-state index in [0.29, 0.717) is 31.2 Å². The lowest BCUT2D eigenvalue weighted by molar-refractivity contribution is -0.119. The highest BCUT2D eigenvalue weighted by atomic mass is 32.2. The summed E-state index contributed by atoms with van der Waals surface area (Å²) < 4.78 is 37.2. The van der Waals surface area contributed by atoms with Gasteiger partial charge in [0.05, 0.1) is 24.6 Å². The molecule has 1 amide bonds. The summed E-state index contributed by atoms with van der Waals surface area (Å²) in [4.78, 5) is 11.5. The van der Waals surface area contributed by atoms with Crippen molar-refractivity contribution in [2.45, 2.75) is 76.1 Å². The van der Waals surface area contributed by atoms with Crippen LogP contribution in [0.4, 0.5) is 4.39 Å². The zero-order valence-electron chi connectivity index (χ0n) is 19.1. The molecule has 1 aromatic rings. The number of aliphatic hydroxyl groups excluding tert-OH is 3. The number of nitrogens with one attached hydrogen (secondary N) is 1. The Morgan fingerprint density at radius 3 is 2.48 bits per heavy atom. The van der Waals surface area contributed by atoms with Crippen molar-refractivity contribution in [1.29, 1.82) is 0 Å². The number of hydrogen-bond donors (Lipinski definition) is 4. The predicted octanol–water partition coefficient (Wildman–Crippen LogP) is 2.75. The van der Waals surface area contributed by atoms with Crippen LogP contribution in [0.15, 0.2) is 30.3 Å². The highest BCUT2D eigenvalue weighted by Gasteiger charge is 2.40. The standard InChI is InChI=1S/C24H36FNO6S/c1-33(31,32)26-24(30)10-5-3-2-4-9-20-21(23(29)16-22(20)28)14-13-19(27)12-11-17-7-6-8-18(25)15-17/h6-8,11-12,15,19-23,27-29H,2-5,9-10,13-14,16H2,1H3,(H,26,30)/b12-11+/t19?,20?,21-,22+,23-/m1/s1. The van der Waals surface area contributed by atoms with Gasteiger partial charge < -0.3 is 15.3 Å². The number of unbranched alkanes of at least 4 members (excludes halogenated alkanes) is 3. The molecule has 1 aliphatic rings. The van der Waals surface area contributed by atoms with Crippen LogP contribution >= 0.6 is 0 Å². The van der Waals surface area contributed by atoms with E-state index in [1.54, 1.807) is 24.3 Å². The Balaban J connectivity index is 1.72. The number of carbonyl (C=O) groups excluding carboxylic acids is 1. The molecule has 9 heteroatoms. The lowest BCUT2D eigenvalue weighted by Crippen LogP contribution is -2.28. The van der Waals surface area contributed by atoms with Crippen LogP contribution in [0.5, 0.6) is 0 Å². The number of amides is 1. The van der Waals surface area contributed by atoms with E-state index in [1.165, 1.54) is 12.1 Å². The second-order valence-corrected chi connectivity index (χ2v) is 10.8. The third kappa shape index (κ3) is 10.3. The molecule has 4 N–H and O–H groups in total. The molecule has 0 radical (unpaired) electrons. The predicted molar refractivity (Wildman–Crippen MR) is 125 cm³/mol. The maximum absolute atomic E-state index is 13.2. The lowest BCUT2D eigenvalue weighted by Gasteiger charge is -2.24. The molecule has 1 fully saturated rings.